The SMILES string of the molecule is Cc1ccc(NC(=O)N2CCc3[nH]c(=O)ccc3C2)cc1. The molecule has 0 spiro atoms. The van der Waals surface area contributed by atoms with Gasteiger partial charge in [-0.3, -0.25) is 4.79 Å². The summed E-state index contributed by atoms with van der Waals surface area (Å²) in [5.41, 5.74) is 3.79. The molecule has 108 valence electrons. The van der Waals surface area contributed by atoms with Crippen molar-refractivity contribution in [1.29, 1.82) is 0 Å². The maximum Gasteiger partial charge on any atom is 0.322 e. The predicted molar refractivity (Wildman–Crippen MR) is 81.4 cm³/mol. The van der Waals surface area contributed by atoms with Crippen molar-refractivity contribution in [2.45, 2.75) is 19.9 Å². The van der Waals surface area contributed by atoms with Gasteiger partial charge in [-0.1, -0.05) is 23.8 Å². The van der Waals surface area contributed by atoms with Crippen molar-refractivity contribution in [3.8, 4) is 0 Å². The van der Waals surface area contributed by atoms with Crippen LogP contribution in [0.15, 0.2) is 41.2 Å². The van der Waals surface area contributed by atoms with Crippen molar-refractivity contribution in [3.63, 3.8) is 0 Å². The van der Waals surface area contributed by atoms with E-state index in [2.05, 4.69) is 10.3 Å². The summed E-state index contributed by atoms with van der Waals surface area (Å²) in [5, 5.41) is 2.90. The zero-order chi connectivity index (χ0) is 14.8. The maximum atomic E-state index is 12.3. The number of nitrogens with zero attached hydrogens (tertiary/aromatic N) is 1. The third-order valence-electron chi connectivity index (χ3n) is 3.68. The summed E-state index contributed by atoms with van der Waals surface area (Å²) in [6, 6.07) is 10.9. The number of aromatic nitrogens is 1. The van der Waals surface area contributed by atoms with Gasteiger partial charge in [-0.15, -0.1) is 0 Å². The van der Waals surface area contributed by atoms with Gasteiger partial charge in [-0.2, -0.15) is 0 Å². The van der Waals surface area contributed by atoms with Crippen LogP contribution in [0, 0.1) is 6.92 Å². The van der Waals surface area contributed by atoms with Crippen molar-refractivity contribution in [2.24, 2.45) is 0 Å². The molecule has 1 aromatic carbocycles. The molecule has 2 N–H and O–H groups in total. The fraction of sp³-hybridized carbons (Fsp3) is 0.250. The molecule has 21 heavy (non-hydrogen) atoms. The number of carbonyl (C=O) groups is 1. The summed E-state index contributed by atoms with van der Waals surface area (Å²) in [7, 11) is 0. The van der Waals surface area contributed by atoms with Crippen LogP contribution in [-0.4, -0.2) is 22.5 Å². The average molecular weight is 283 g/mol. The highest BCUT2D eigenvalue weighted by Gasteiger charge is 2.21. The largest absolute Gasteiger partial charge is 0.326 e. The minimum Gasteiger partial charge on any atom is -0.326 e. The van der Waals surface area contributed by atoms with Crippen LogP contribution in [0.4, 0.5) is 10.5 Å². The van der Waals surface area contributed by atoms with E-state index in [1.807, 2.05) is 31.2 Å². The Bertz CT molecular complexity index is 719. The highest BCUT2D eigenvalue weighted by Crippen LogP contribution is 2.17. The van der Waals surface area contributed by atoms with Crippen LogP contribution in [0.1, 0.15) is 16.8 Å². The van der Waals surface area contributed by atoms with Gasteiger partial charge in [0.15, 0.2) is 0 Å². The first-order valence-corrected chi connectivity index (χ1v) is 6.95. The fourth-order valence-corrected chi connectivity index (χ4v) is 2.46. The van der Waals surface area contributed by atoms with Crippen molar-refractivity contribution >= 4 is 11.7 Å². The standard InChI is InChI=1S/C16H17N3O2/c1-11-2-5-13(6-3-11)17-16(21)19-9-8-14-12(10-19)4-7-15(20)18-14/h2-7H,8-10H2,1H3,(H,17,21)(H,18,20). The molecule has 2 amide bonds. The lowest BCUT2D eigenvalue weighted by Gasteiger charge is -2.28. The third-order valence-corrected chi connectivity index (χ3v) is 3.68. The Balaban J connectivity index is 1.70. The number of anilines is 1. The number of benzene rings is 1. The second-order valence-corrected chi connectivity index (χ2v) is 5.29. The molecule has 1 aliphatic rings. The lowest BCUT2D eigenvalue weighted by atomic mass is 10.1. The number of hydrogen-bond donors (Lipinski definition) is 2. The topological polar surface area (TPSA) is 65.2 Å². The number of carbonyl (C=O) groups excluding carboxylic acids is 1. The van der Waals surface area contributed by atoms with E-state index in [0.29, 0.717) is 19.5 Å². The van der Waals surface area contributed by atoms with Gasteiger partial charge in [0.05, 0.1) is 0 Å². The van der Waals surface area contributed by atoms with Gasteiger partial charge in [0, 0.05) is 37.0 Å². The van der Waals surface area contributed by atoms with Crippen molar-refractivity contribution in [3.05, 3.63) is 63.6 Å². The number of aryl methyl sites for hydroxylation is 1. The number of aromatic amines is 1. The van der Waals surface area contributed by atoms with Gasteiger partial charge in [0.1, 0.15) is 0 Å². The van der Waals surface area contributed by atoms with Gasteiger partial charge < -0.3 is 15.2 Å². The molecule has 5 heteroatoms. The number of pyridine rings is 1. The Labute approximate surface area is 122 Å². The molecule has 0 atom stereocenters. The minimum absolute atomic E-state index is 0.0914. The highest BCUT2D eigenvalue weighted by atomic mass is 16.2. The Morgan fingerprint density at radius 3 is 2.71 bits per heavy atom. The van der Waals surface area contributed by atoms with Crippen molar-refractivity contribution in [1.82, 2.24) is 9.88 Å². The molecule has 5 nitrogen and oxygen atoms in total. The molecule has 0 unspecified atom stereocenters. The molecular formula is C16H17N3O2. The Kier molecular flexibility index (Phi) is 3.48. The molecule has 0 radical (unpaired) electrons. The van der Waals surface area contributed by atoms with Gasteiger partial charge >= 0.3 is 6.03 Å². The number of amides is 2. The zero-order valence-corrected chi connectivity index (χ0v) is 11.8. The lowest BCUT2D eigenvalue weighted by molar-refractivity contribution is 0.206. The zero-order valence-electron chi connectivity index (χ0n) is 11.8. The molecule has 3 rings (SSSR count). The molecule has 1 aromatic heterocycles. The highest BCUT2D eigenvalue weighted by molar-refractivity contribution is 5.89. The van der Waals surface area contributed by atoms with E-state index in [1.165, 1.54) is 6.07 Å². The second kappa shape index (κ2) is 5.44. The molecule has 0 aliphatic carbocycles. The number of rotatable bonds is 1. The van der Waals surface area contributed by atoms with Crippen molar-refractivity contribution in [2.75, 3.05) is 11.9 Å². The number of nitrogens with one attached hydrogen (secondary N) is 2. The molecular weight excluding hydrogens is 266 g/mol. The maximum absolute atomic E-state index is 12.3. The van der Waals surface area contributed by atoms with Gasteiger partial charge in [0.2, 0.25) is 5.56 Å². The lowest BCUT2D eigenvalue weighted by Crippen LogP contribution is -2.39. The fourth-order valence-electron chi connectivity index (χ4n) is 2.46. The predicted octanol–water partition coefficient (Wildman–Crippen LogP) is 2.27. The Morgan fingerprint density at radius 1 is 1.19 bits per heavy atom. The summed E-state index contributed by atoms with van der Waals surface area (Å²) in [4.78, 5) is 28.1. The smallest absolute Gasteiger partial charge is 0.322 e. The van der Waals surface area contributed by atoms with E-state index in [0.717, 1.165) is 22.5 Å². The first-order chi connectivity index (χ1) is 10.1. The summed E-state index contributed by atoms with van der Waals surface area (Å²) < 4.78 is 0. The molecule has 1 aliphatic heterocycles. The van der Waals surface area contributed by atoms with E-state index < -0.39 is 0 Å². The van der Waals surface area contributed by atoms with Gasteiger partial charge in [-0.25, -0.2) is 4.79 Å². The monoisotopic (exact) mass is 283 g/mol. The van der Waals surface area contributed by atoms with Crippen LogP contribution in [0.2, 0.25) is 0 Å². The summed E-state index contributed by atoms with van der Waals surface area (Å²) in [6.45, 7) is 3.13. The minimum atomic E-state index is -0.115. The first kappa shape index (κ1) is 13.4. The van der Waals surface area contributed by atoms with E-state index in [4.69, 9.17) is 0 Å². The molecule has 0 saturated heterocycles. The second-order valence-electron chi connectivity index (χ2n) is 5.29. The molecule has 2 aromatic rings. The number of hydrogen-bond acceptors (Lipinski definition) is 2. The Morgan fingerprint density at radius 2 is 1.95 bits per heavy atom. The summed E-state index contributed by atoms with van der Waals surface area (Å²) in [5.74, 6) is 0. The average Bonchev–Trinajstić information content (AvgIpc) is 2.49. The van der Waals surface area contributed by atoms with Crippen LogP contribution < -0.4 is 10.9 Å². The van der Waals surface area contributed by atoms with E-state index in [-0.39, 0.29) is 11.6 Å². The Hall–Kier alpha value is -2.56. The number of urea groups is 1. The van der Waals surface area contributed by atoms with Crippen LogP contribution in [0.3, 0.4) is 0 Å². The van der Waals surface area contributed by atoms with Crippen LogP contribution in [0.5, 0.6) is 0 Å². The molecule has 0 saturated carbocycles. The normalized spacial score (nSPS) is 13.7. The summed E-state index contributed by atoms with van der Waals surface area (Å²) >= 11 is 0. The number of fused-ring (bicyclic) bond motifs is 1. The van der Waals surface area contributed by atoms with Gasteiger partial charge in [0.25, 0.3) is 0 Å². The molecule has 2 heterocycles. The first-order valence-electron chi connectivity index (χ1n) is 6.95. The third kappa shape index (κ3) is 2.97. The van der Waals surface area contributed by atoms with Crippen molar-refractivity contribution < 1.29 is 4.79 Å². The molecule has 0 bridgehead atoms. The summed E-state index contributed by atoms with van der Waals surface area (Å²) in [6.07, 6.45) is 0.673. The van der Waals surface area contributed by atoms with E-state index in [9.17, 15) is 9.59 Å². The van der Waals surface area contributed by atoms with Crippen LogP contribution in [-0.2, 0) is 13.0 Å². The van der Waals surface area contributed by atoms with E-state index >= 15 is 0 Å². The van der Waals surface area contributed by atoms with Gasteiger partial charge in [-0.05, 0) is 24.6 Å². The van der Waals surface area contributed by atoms with Crippen LogP contribution in [0.25, 0.3) is 0 Å². The number of H-pyrrole nitrogens is 1. The van der Waals surface area contributed by atoms with E-state index in [1.54, 1.807) is 11.0 Å². The molecule has 0 fully saturated rings. The quantitative estimate of drug-likeness (QED) is 0.843. The van der Waals surface area contributed by atoms with Crippen LogP contribution >= 0.6 is 0 Å².